The first-order valence-corrected chi connectivity index (χ1v) is 11.3. The molecule has 0 aliphatic carbocycles. The number of aryl methyl sites for hydroxylation is 1. The maximum absolute atomic E-state index is 12.9. The van der Waals surface area contributed by atoms with E-state index in [1.165, 1.54) is 0 Å². The predicted molar refractivity (Wildman–Crippen MR) is 125 cm³/mol. The molecule has 0 bridgehead atoms. The summed E-state index contributed by atoms with van der Waals surface area (Å²) >= 11 is 0. The van der Waals surface area contributed by atoms with Crippen LogP contribution in [0.2, 0.25) is 0 Å². The van der Waals surface area contributed by atoms with E-state index in [9.17, 15) is 4.79 Å². The highest BCUT2D eigenvalue weighted by molar-refractivity contribution is 5.86. The van der Waals surface area contributed by atoms with Crippen LogP contribution in [0.1, 0.15) is 25.1 Å². The van der Waals surface area contributed by atoms with Crippen LogP contribution in [0.3, 0.4) is 0 Å². The molecule has 0 radical (unpaired) electrons. The zero-order chi connectivity index (χ0) is 23.7. The Labute approximate surface area is 195 Å². The third-order valence-corrected chi connectivity index (χ3v) is 6.77. The summed E-state index contributed by atoms with van der Waals surface area (Å²) in [5.41, 5.74) is 3.53. The van der Waals surface area contributed by atoms with Gasteiger partial charge in [-0.3, -0.25) is 9.59 Å². The number of carbonyl (C=O) groups is 2. The van der Waals surface area contributed by atoms with Gasteiger partial charge < -0.3 is 24.3 Å². The number of piperidine rings is 1. The first-order chi connectivity index (χ1) is 16.5. The lowest BCUT2D eigenvalue weighted by Crippen LogP contribution is -2.43. The van der Waals surface area contributed by atoms with Crippen molar-refractivity contribution >= 4 is 40.3 Å². The predicted octanol–water partition coefficient (Wildman–Crippen LogP) is 2.92. The number of ether oxygens (including phenoxy) is 1. The van der Waals surface area contributed by atoms with E-state index in [0.717, 1.165) is 66.1 Å². The van der Waals surface area contributed by atoms with Crippen LogP contribution < -0.4 is 4.90 Å². The fraction of sp³-hybridized carbons (Fsp3) is 0.375. The number of hydrogen-bond donors (Lipinski definition) is 2. The van der Waals surface area contributed by atoms with Gasteiger partial charge in [0, 0.05) is 25.7 Å². The molecule has 34 heavy (non-hydrogen) atoms. The van der Waals surface area contributed by atoms with Crippen molar-refractivity contribution in [3.8, 4) is 0 Å². The van der Waals surface area contributed by atoms with Crippen LogP contribution in [-0.2, 0) is 20.9 Å². The van der Waals surface area contributed by atoms with E-state index in [4.69, 9.17) is 14.6 Å². The minimum Gasteiger partial charge on any atom is -0.483 e. The third kappa shape index (κ3) is 3.85. The Balaban J connectivity index is 0.000000764. The fourth-order valence-corrected chi connectivity index (χ4v) is 5.14. The van der Waals surface area contributed by atoms with Gasteiger partial charge in [-0.1, -0.05) is 12.1 Å². The highest BCUT2D eigenvalue weighted by Gasteiger charge is 2.50. The number of aromatic amines is 1. The lowest BCUT2D eigenvalue weighted by atomic mass is 9.76. The van der Waals surface area contributed by atoms with Gasteiger partial charge in [0.25, 0.3) is 6.47 Å². The average Bonchev–Trinajstić information content (AvgIpc) is 3.53. The minimum atomic E-state index is -0.394. The molecule has 2 aliphatic rings. The van der Waals surface area contributed by atoms with Gasteiger partial charge in [0.2, 0.25) is 0 Å². The van der Waals surface area contributed by atoms with E-state index in [2.05, 4.69) is 35.5 Å². The molecule has 6 rings (SSSR count). The maximum atomic E-state index is 12.9. The SMILES string of the molecule is Cc1nc(N2CCC3(CC2)CC(Cn2cnc4ccccc42)OC3=O)c2[nH]ccc2n1.O=CO. The van der Waals surface area contributed by atoms with Crippen LogP contribution >= 0.6 is 0 Å². The zero-order valence-corrected chi connectivity index (χ0v) is 18.8. The van der Waals surface area contributed by atoms with Gasteiger partial charge in [-0.05, 0) is 38.0 Å². The molecule has 2 aliphatic heterocycles. The molecule has 0 amide bonds. The fourth-order valence-electron chi connectivity index (χ4n) is 5.14. The number of carbonyl (C=O) groups excluding carboxylic acids is 1. The summed E-state index contributed by atoms with van der Waals surface area (Å²) in [5.74, 6) is 1.64. The number of benzene rings is 1. The molecule has 2 fully saturated rings. The molecule has 10 nitrogen and oxygen atoms in total. The Morgan fingerprint density at radius 3 is 2.76 bits per heavy atom. The number of esters is 1. The van der Waals surface area contributed by atoms with Crippen molar-refractivity contribution < 1.29 is 19.4 Å². The van der Waals surface area contributed by atoms with Gasteiger partial charge in [-0.15, -0.1) is 0 Å². The van der Waals surface area contributed by atoms with Gasteiger partial charge in [-0.25, -0.2) is 15.0 Å². The Morgan fingerprint density at radius 2 is 1.97 bits per heavy atom. The highest BCUT2D eigenvalue weighted by Crippen LogP contribution is 2.44. The second-order valence-corrected chi connectivity index (χ2v) is 8.82. The molecule has 4 aromatic rings. The first kappa shape index (κ1) is 21.9. The Bertz CT molecular complexity index is 1340. The van der Waals surface area contributed by atoms with E-state index in [1.807, 2.05) is 43.7 Å². The summed E-state index contributed by atoms with van der Waals surface area (Å²) < 4.78 is 7.95. The quantitative estimate of drug-likeness (QED) is 0.352. The van der Waals surface area contributed by atoms with Crippen molar-refractivity contribution in [1.29, 1.82) is 0 Å². The lowest BCUT2D eigenvalue weighted by molar-refractivity contribution is -0.150. The van der Waals surface area contributed by atoms with Crippen molar-refractivity contribution in [3.05, 3.63) is 48.7 Å². The Morgan fingerprint density at radius 1 is 1.21 bits per heavy atom. The summed E-state index contributed by atoms with van der Waals surface area (Å²) in [5, 5.41) is 6.89. The van der Waals surface area contributed by atoms with Crippen LogP contribution in [0.25, 0.3) is 22.1 Å². The third-order valence-electron chi connectivity index (χ3n) is 6.77. The molecule has 1 aromatic carbocycles. The molecule has 3 aromatic heterocycles. The van der Waals surface area contributed by atoms with Gasteiger partial charge in [-0.2, -0.15) is 0 Å². The second-order valence-electron chi connectivity index (χ2n) is 8.82. The van der Waals surface area contributed by atoms with Gasteiger partial charge in [0.05, 0.1) is 34.8 Å². The number of aromatic nitrogens is 5. The van der Waals surface area contributed by atoms with Crippen molar-refractivity contribution in [2.45, 2.75) is 38.8 Å². The topological polar surface area (TPSA) is 126 Å². The van der Waals surface area contributed by atoms with Gasteiger partial charge in [0.15, 0.2) is 5.82 Å². The molecule has 1 unspecified atom stereocenters. The average molecular weight is 463 g/mol. The van der Waals surface area contributed by atoms with Crippen molar-refractivity contribution in [3.63, 3.8) is 0 Å². The number of nitrogens with one attached hydrogen (secondary N) is 1. The van der Waals surface area contributed by atoms with E-state index < -0.39 is 5.41 Å². The van der Waals surface area contributed by atoms with Crippen molar-refractivity contribution in [2.24, 2.45) is 5.41 Å². The lowest BCUT2D eigenvalue weighted by Gasteiger charge is -2.37. The molecule has 176 valence electrons. The number of anilines is 1. The zero-order valence-electron chi connectivity index (χ0n) is 18.8. The van der Waals surface area contributed by atoms with Crippen LogP contribution in [-0.4, -0.2) is 61.2 Å². The van der Waals surface area contributed by atoms with Crippen molar-refractivity contribution in [2.75, 3.05) is 18.0 Å². The number of nitrogens with zero attached hydrogens (tertiary/aromatic N) is 5. The first-order valence-electron chi connectivity index (χ1n) is 11.3. The molecular formula is C24H26N6O4. The minimum absolute atomic E-state index is 0.0505. The second kappa shape index (κ2) is 8.77. The number of hydrogen-bond acceptors (Lipinski definition) is 7. The molecule has 1 atom stereocenters. The normalized spacial score (nSPS) is 19.3. The number of imidazole rings is 1. The van der Waals surface area contributed by atoms with E-state index >= 15 is 0 Å². The number of cyclic esters (lactones) is 1. The molecule has 2 N–H and O–H groups in total. The van der Waals surface area contributed by atoms with Gasteiger partial charge >= 0.3 is 5.97 Å². The van der Waals surface area contributed by atoms with Crippen molar-refractivity contribution in [1.82, 2.24) is 24.5 Å². The molecule has 10 heteroatoms. The number of rotatable bonds is 3. The monoisotopic (exact) mass is 462 g/mol. The standard InChI is InChI=1S/C23H24N6O2.CH2O2/c1-15-26-18-6-9-24-20(18)21(27-15)28-10-7-23(8-11-28)12-16(31-22(23)30)13-29-14-25-17-4-2-3-5-19(17)29;2-1-3/h2-6,9,14,16,24H,7-8,10-13H2,1H3;1H,(H,2,3). The smallest absolute Gasteiger partial charge is 0.312 e. The molecule has 1 spiro atoms. The maximum Gasteiger partial charge on any atom is 0.312 e. The summed E-state index contributed by atoms with van der Waals surface area (Å²) in [6, 6.07) is 10.0. The number of H-pyrrole nitrogens is 1. The van der Waals surface area contributed by atoms with E-state index in [1.54, 1.807) is 0 Å². The largest absolute Gasteiger partial charge is 0.483 e. The number of carboxylic acid groups (broad SMARTS) is 1. The number of para-hydroxylation sites is 2. The number of fused-ring (bicyclic) bond motifs is 2. The summed E-state index contributed by atoms with van der Waals surface area (Å²) in [4.78, 5) is 40.4. The van der Waals surface area contributed by atoms with Crippen LogP contribution in [0.4, 0.5) is 5.82 Å². The van der Waals surface area contributed by atoms with Crippen LogP contribution in [0.15, 0.2) is 42.9 Å². The molecule has 5 heterocycles. The molecule has 0 saturated carbocycles. The molecule has 2 saturated heterocycles. The van der Waals surface area contributed by atoms with Crippen LogP contribution in [0, 0.1) is 12.3 Å². The Kier molecular flexibility index (Phi) is 5.64. The summed E-state index contributed by atoms with van der Waals surface area (Å²) in [6.45, 7) is 3.87. The summed E-state index contributed by atoms with van der Waals surface area (Å²) in [6.07, 6.45) is 5.93. The van der Waals surface area contributed by atoms with Gasteiger partial charge in [0.1, 0.15) is 17.4 Å². The Hall–Kier alpha value is -3.95. The summed E-state index contributed by atoms with van der Waals surface area (Å²) in [7, 11) is 0. The van der Waals surface area contributed by atoms with Crippen LogP contribution in [0.5, 0.6) is 0 Å². The molecular weight excluding hydrogens is 436 g/mol. The van der Waals surface area contributed by atoms with E-state index in [0.29, 0.717) is 6.54 Å². The highest BCUT2D eigenvalue weighted by atomic mass is 16.6. The van der Waals surface area contributed by atoms with E-state index in [-0.39, 0.29) is 18.5 Å².